The lowest BCUT2D eigenvalue weighted by Gasteiger charge is -2.19. The molecule has 2 amide bonds. The number of anilines is 1. The monoisotopic (exact) mass is 406 g/mol. The number of urea groups is 1. The molecule has 0 spiro atoms. The first kappa shape index (κ1) is 18.7. The fraction of sp³-hybridized carbons (Fsp3) is 0.350. The predicted molar refractivity (Wildman–Crippen MR) is 103 cm³/mol. The Morgan fingerprint density at radius 2 is 1.71 bits per heavy atom. The maximum atomic E-state index is 13.7. The van der Waals surface area contributed by atoms with Crippen LogP contribution in [-0.4, -0.2) is 25.9 Å². The molecular formula is C20H20ClFN2O4. The molecule has 0 aliphatic carbocycles. The van der Waals surface area contributed by atoms with Crippen molar-refractivity contribution in [1.29, 1.82) is 0 Å². The van der Waals surface area contributed by atoms with Crippen molar-refractivity contribution >= 4 is 23.3 Å². The molecule has 28 heavy (non-hydrogen) atoms. The Kier molecular flexibility index (Phi) is 5.43. The molecule has 8 heteroatoms. The van der Waals surface area contributed by atoms with E-state index < -0.39 is 6.03 Å². The van der Waals surface area contributed by atoms with Gasteiger partial charge in [0.05, 0.1) is 36.6 Å². The van der Waals surface area contributed by atoms with Gasteiger partial charge in [-0.3, -0.25) is 0 Å². The molecule has 0 bridgehead atoms. The lowest BCUT2D eigenvalue weighted by molar-refractivity contribution is 0.247. The van der Waals surface area contributed by atoms with Crippen molar-refractivity contribution in [1.82, 2.24) is 5.32 Å². The lowest BCUT2D eigenvalue weighted by atomic mass is 10.0. The third kappa shape index (κ3) is 4.09. The van der Waals surface area contributed by atoms with Gasteiger partial charge >= 0.3 is 6.03 Å². The van der Waals surface area contributed by atoms with Crippen LogP contribution in [0.15, 0.2) is 30.3 Å². The van der Waals surface area contributed by atoms with E-state index in [1.807, 2.05) is 0 Å². The molecule has 0 aromatic heterocycles. The quantitative estimate of drug-likeness (QED) is 0.760. The number of ether oxygens (including phenoxy) is 3. The SMILES string of the molecule is O=C(Nc1cc2c(cc1Cl)OCCCO2)N[C@H]1CCCOc2ccc(F)cc21. The van der Waals surface area contributed by atoms with Crippen molar-refractivity contribution in [2.24, 2.45) is 0 Å². The molecule has 2 aliphatic heterocycles. The minimum atomic E-state index is -0.446. The van der Waals surface area contributed by atoms with E-state index in [9.17, 15) is 9.18 Å². The number of benzene rings is 2. The van der Waals surface area contributed by atoms with Crippen LogP contribution in [0.25, 0.3) is 0 Å². The second-order valence-corrected chi connectivity index (χ2v) is 7.06. The zero-order chi connectivity index (χ0) is 19.5. The Morgan fingerprint density at radius 1 is 1.00 bits per heavy atom. The highest BCUT2D eigenvalue weighted by atomic mass is 35.5. The van der Waals surface area contributed by atoms with E-state index in [0.717, 1.165) is 12.8 Å². The van der Waals surface area contributed by atoms with Gasteiger partial charge in [0, 0.05) is 24.1 Å². The fourth-order valence-electron chi connectivity index (χ4n) is 3.29. The molecule has 0 saturated carbocycles. The molecule has 2 heterocycles. The van der Waals surface area contributed by atoms with E-state index in [-0.39, 0.29) is 11.9 Å². The summed E-state index contributed by atoms with van der Waals surface area (Å²) in [6, 6.07) is 6.79. The van der Waals surface area contributed by atoms with Crippen molar-refractivity contribution in [3.8, 4) is 17.2 Å². The van der Waals surface area contributed by atoms with Gasteiger partial charge in [-0.2, -0.15) is 0 Å². The minimum Gasteiger partial charge on any atom is -0.493 e. The van der Waals surface area contributed by atoms with Crippen LogP contribution in [0.5, 0.6) is 17.2 Å². The highest BCUT2D eigenvalue weighted by Gasteiger charge is 2.23. The summed E-state index contributed by atoms with van der Waals surface area (Å²) in [7, 11) is 0. The molecule has 6 nitrogen and oxygen atoms in total. The number of hydrogen-bond donors (Lipinski definition) is 2. The maximum absolute atomic E-state index is 13.7. The molecule has 148 valence electrons. The van der Waals surface area contributed by atoms with Gasteiger partial charge < -0.3 is 24.8 Å². The number of halogens is 2. The summed E-state index contributed by atoms with van der Waals surface area (Å²) in [4.78, 5) is 12.6. The topological polar surface area (TPSA) is 68.8 Å². The molecule has 0 saturated heterocycles. The predicted octanol–water partition coefficient (Wildman–Crippen LogP) is 4.68. The smallest absolute Gasteiger partial charge is 0.319 e. The van der Waals surface area contributed by atoms with Gasteiger partial charge in [-0.15, -0.1) is 0 Å². The largest absolute Gasteiger partial charge is 0.493 e. The zero-order valence-electron chi connectivity index (χ0n) is 15.1. The Bertz CT molecular complexity index is 893. The highest BCUT2D eigenvalue weighted by molar-refractivity contribution is 6.34. The second kappa shape index (κ2) is 8.14. The first-order valence-corrected chi connectivity index (χ1v) is 9.57. The molecule has 0 fully saturated rings. The van der Waals surface area contributed by atoms with E-state index >= 15 is 0 Å². The van der Waals surface area contributed by atoms with Gasteiger partial charge in [-0.1, -0.05) is 11.6 Å². The van der Waals surface area contributed by atoms with Gasteiger partial charge in [-0.05, 0) is 31.0 Å². The summed E-state index contributed by atoms with van der Waals surface area (Å²) in [6.45, 7) is 1.60. The van der Waals surface area contributed by atoms with Crippen molar-refractivity contribution in [3.05, 3.63) is 46.7 Å². The molecule has 0 unspecified atom stereocenters. The van der Waals surface area contributed by atoms with E-state index in [1.165, 1.54) is 12.1 Å². The normalized spacial score (nSPS) is 18.1. The van der Waals surface area contributed by atoms with Gasteiger partial charge in [0.1, 0.15) is 11.6 Å². The number of nitrogens with one attached hydrogen (secondary N) is 2. The summed E-state index contributed by atoms with van der Waals surface area (Å²) in [5, 5.41) is 5.97. The Balaban J connectivity index is 1.51. The number of hydrogen-bond acceptors (Lipinski definition) is 4. The van der Waals surface area contributed by atoms with Crippen LogP contribution in [0.1, 0.15) is 30.9 Å². The molecule has 2 aromatic rings. The van der Waals surface area contributed by atoms with Crippen LogP contribution in [0.4, 0.5) is 14.9 Å². The summed E-state index contributed by atoms with van der Waals surface area (Å²) in [6.07, 6.45) is 2.15. The minimum absolute atomic E-state index is 0.343. The third-order valence-electron chi connectivity index (χ3n) is 4.63. The zero-order valence-corrected chi connectivity index (χ0v) is 15.9. The number of rotatable bonds is 2. The number of fused-ring (bicyclic) bond motifs is 2. The van der Waals surface area contributed by atoms with Gasteiger partial charge in [0.25, 0.3) is 0 Å². The van der Waals surface area contributed by atoms with E-state index in [1.54, 1.807) is 18.2 Å². The summed E-state index contributed by atoms with van der Waals surface area (Å²) < 4.78 is 30.6. The fourth-order valence-corrected chi connectivity index (χ4v) is 3.50. The molecule has 0 radical (unpaired) electrons. The highest BCUT2D eigenvalue weighted by Crippen LogP contribution is 2.38. The van der Waals surface area contributed by atoms with Crippen LogP contribution >= 0.6 is 11.6 Å². The van der Waals surface area contributed by atoms with Crippen molar-refractivity contribution in [2.45, 2.75) is 25.3 Å². The van der Waals surface area contributed by atoms with E-state index in [4.69, 9.17) is 25.8 Å². The van der Waals surface area contributed by atoms with E-state index in [2.05, 4.69) is 10.6 Å². The average molecular weight is 407 g/mol. The van der Waals surface area contributed by atoms with Gasteiger partial charge in [0.2, 0.25) is 0 Å². The molecule has 2 aromatic carbocycles. The van der Waals surface area contributed by atoms with Crippen molar-refractivity contribution < 1.29 is 23.4 Å². The third-order valence-corrected chi connectivity index (χ3v) is 4.95. The summed E-state index contributed by atoms with van der Waals surface area (Å²) >= 11 is 6.28. The van der Waals surface area contributed by atoms with Gasteiger partial charge in [-0.25, -0.2) is 9.18 Å². The number of carbonyl (C=O) groups excluding carboxylic acids is 1. The van der Waals surface area contributed by atoms with Crippen molar-refractivity contribution in [3.63, 3.8) is 0 Å². The van der Waals surface area contributed by atoms with Crippen LogP contribution in [0, 0.1) is 5.82 Å². The van der Waals surface area contributed by atoms with Crippen LogP contribution in [0.3, 0.4) is 0 Å². The Morgan fingerprint density at radius 3 is 2.54 bits per heavy atom. The number of carbonyl (C=O) groups is 1. The molecule has 4 rings (SSSR count). The molecule has 1 atom stereocenters. The molecule has 2 aliphatic rings. The molecule has 2 N–H and O–H groups in total. The average Bonchev–Trinajstić information content (AvgIpc) is 3.00. The molecular weight excluding hydrogens is 387 g/mol. The first-order chi connectivity index (χ1) is 13.6. The first-order valence-electron chi connectivity index (χ1n) is 9.19. The maximum Gasteiger partial charge on any atom is 0.319 e. The van der Waals surface area contributed by atoms with Crippen LogP contribution in [-0.2, 0) is 0 Å². The summed E-state index contributed by atoms with van der Waals surface area (Å²) in [5.41, 5.74) is 1.03. The standard InChI is InChI=1S/C20H20ClFN2O4/c21-14-10-18-19(28-8-2-7-27-18)11-16(14)24-20(25)23-15-3-1-6-26-17-5-4-12(22)9-13(15)17/h4-5,9-11,15H,1-3,6-8H2,(H2,23,24,25)/t15-/m0/s1. The van der Waals surface area contributed by atoms with Crippen molar-refractivity contribution in [2.75, 3.05) is 25.1 Å². The Hall–Kier alpha value is -2.67. The van der Waals surface area contributed by atoms with E-state index in [0.29, 0.717) is 59.8 Å². The Labute approximate surface area is 166 Å². The van der Waals surface area contributed by atoms with Crippen LogP contribution in [0.2, 0.25) is 5.02 Å². The second-order valence-electron chi connectivity index (χ2n) is 6.65. The van der Waals surface area contributed by atoms with Gasteiger partial charge in [0.15, 0.2) is 11.5 Å². The van der Waals surface area contributed by atoms with Crippen LogP contribution < -0.4 is 24.8 Å². The lowest BCUT2D eigenvalue weighted by Crippen LogP contribution is -2.32. The summed E-state index contributed by atoms with van der Waals surface area (Å²) in [5.74, 6) is 1.30. The number of amides is 2.